The molecule has 0 bridgehead atoms. The van der Waals surface area contributed by atoms with Crippen LogP contribution in [0.5, 0.6) is 0 Å². The molecule has 0 aliphatic heterocycles. The number of halogens is 1. The minimum atomic E-state index is -0.468. The molecule has 51 heavy (non-hydrogen) atoms. The number of aromatic nitrogens is 4. The quantitative estimate of drug-likeness (QED) is 0.0570. The SMILES string of the molecule is C=C(Br)C(=O)Nc1ccc2c(c1)cc(C(=O)Nc1cc(C(=O)Nc3cc(C(=O)Nc4cc(C(=O)NCCC(=N)N)n(C)c4)n(C)c3)n(C)c1)n2C. The van der Waals surface area contributed by atoms with Gasteiger partial charge in [-0.2, -0.15) is 0 Å². The van der Waals surface area contributed by atoms with Crippen LogP contribution in [0.4, 0.5) is 22.7 Å². The maximum atomic E-state index is 13.3. The molecule has 8 N–H and O–H groups in total. The Kier molecular flexibility index (Phi) is 10.3. The van der Waals surface area contributed by atoms with Crippen LogP contribution in [-0.2, 0) is 33.0 Å². The van der Waals surface area contributed by atoms with Gasteiger partial charge in [-0.25, -0.2) is 0 Å². The number of nitrogens with zero attached hydrogens (tertiary/aromatic N) is 4. The van der Waals surface area contributed by atoms with Gasteiger partial charge in [-0.15, -0.1) is 0 Å². The molecule has 0 saturated heterocycles. The Bertz CT molecular complexity index is 2250. The normalized spacial score (nSPS) is 10.8. The largest absolute Gasteiger partial charge is 0.388 e. The number of aryl methyl sites for hydroxylation is 4. The number of nitrogens with one attached hydrogen (secondary N) is 6. The average molecular weight is 759 g/mol. The number of amidine groups is 1. The van der Waals surface area contributed by atoms with Crippen LogP contribution >= 0.6 is 15.9 Å². The third-order valence-electron chi connectivity index (χ3n) is 7.95. The summed E-state index contributed by atoms with van der Waals surface area (Å²) >= 11 is 3.06. The van der Waals surface area contributed by atoms with Gasteiger partial charge in [-0.05, 0) is 58.4 Å². The highest BCUT2D eigenvalue weighted by molar-refractivity contribution is 9.12. The number of benzene rings is 1. The molecule has 0 radical (unpaired) electrons. The highest BCUT2D eigenvalue weighted by Crippen LogP contribution is 2.25. The van der Waals surface area contributed by atoms with E-state index >= 15 is 0 Å². The Morgan fingerprint density at radius 2 is 1.16 bits per heavy atom. The third-order valence-corrected chi connectivity index (χ3v) is 8.31. The standard InChI is InChI=1S/C34H36BrN11O5/c1-18(35)30(47)39-20-6-7-24-19(10-20)11-28(46(24)5)34(51)42-23-14-27(45(4)17-23)33(50)41-22-13-26(44(3)16-22)32(49)40-21-12-25(43(2)15-21)31(48)38-9-8-29(36)37/h6-7,10-17H,1,8-9H2,2-5H3,(H3,36,37)(H,38,48)(H,39,47)(H,40,49)(H,41,50)(H,42,51). The number of fused-ring (bicyclic) bond motifs is 1. The van der Waals surface area contributed by atoms with Crippen molar-refractivity contribution in [2.24, 2.45) is 33.9 Å². The minimum Gasteiger partial charge on any atom is -0.388 e. The molecule has 17 heteroatoms. The van der Waals surface area contributed by atoms with E-state index in [2.05, 4.69) is 49.1 Å². The molecule has 4 heterocycles. The lowest BCUT2D eigenvalue weighted by Crippen LogP contribution is -2.28. The summed E-state index contributed by atoms with van der Waals surface area (Å²) in [5.74, 6) is -2.12. The van der Waals surface area contributed by atoms with Crippen molar-refractivity contribution in [2.45, 2.75) is 6.42 Å². The maximum absolute atomic E-state index is 13.3. The molecule has 0 atom stereocenters. The summed E-state index contributed by atoms with van der Waals surface area (Å²) in [5, 5.41) is 21.8. The predicted octanol–water partition coefficient (Wildman–Crippen LogP) is 3.85. The second-order valence-corrected chi connectivity index (χ2v) is 12.7. The van der Waals surface area contributed by atoms with Crippen LogP contribution in [0.3, 0.4) is 0 Å². The van der Waals surface area contributed by atoms with Gasteiger partial charge in [-0.1, -0.05) is 6.58 Å². The van der Waals surface area contributed by atoms with E-state index in [1.807, 2.05) is 0 Å². The zero-order chi connectivity index (χ0) is 37.1. The number of amides is 5. The molecule has 1 aromatic carbocycles. The smallest absolute Gasteiger partial charge is 0.272 e. The lowest BCUT2D eigenvalue weighted by molar-refractivity contribution is -0.112. The number of rotatable bonds is 12. The molecule has 0 spiro atoms. The Hall–Kier alpha value is -6.36. The minimum absolute atomic E-state index is 0.0355. The van der Waals surface area contributed by atoms with Crippen LogP contribution in [0.2, 0.25) is 0 Å². The Morgan fingerprint density at radius 3 is 1.63 bits per heavy atom. The van der Waals surface area contributed by atoms with E-state index in [1.165, 1.54) is 18.2 Å². The van der Waals surface area contributed by atoms with Crippen molar-refractivity contribution in [3.05, 3.63) is 94.9 Å². The zero-order valence-electron chi connectivity index (χ0n) is 28.2. The van der Waals surface area contributed by atoms with Crippen molar-refractivity contribution in [1.82, 2.24) is 23.6 Å². The van der Waals surface area contributed by atoms with Gasteiger partial charge in [0.2, 0.25) is 0 Å². The highest BCUT2D eigenvalue weighted by Gasteiger charge is 2.20. The van der Waals surface area contributed by atoms with Gasteiger partial charge in [0.1, 0.15) is 22.8 Å². The van der Waals surface area contributed by atoms with Crippen LogP contribution in [-0.4, -0.2) is 60.2 Å². The van der Waals surface area contributed by atoms with Crippen LogP contribution in [0, 0.1) is 5.41 Å². The first kappa shape index (κ1) is 35.9. The van der Waals surface area contributed by atoms with Crippen LogP contribution in [0.25, 0.3) is 10.9 Å². The summed E-state index contributed by atoms with van der Waals surface area (Å²) in [6, 6.07) is 11.6. The first-order chi connectivity index (χ1) is 24.1. The molecule has 264 valence electrons. The van der Waals surface area contributed by atoms with E-state index in [0.717, 1.165) is 10.9 Å². The van der Waals surface area contributed by atoms with E-state index in [9.17, 15) is 24.0 Å². The molecule has 5 rings (SSSR count). The summed E-state index contributed by atoms with van der Waals surface area (Å²) < 4.78 is 6.61. The highest BCUT2D eigenvalue weighted by atomic mass is 79.9. The molecular weight excluding hydrogens is 722 g/mol. The fraction of sp³-hybridized carbons (Fsp3) is 0.176. The fourth-order valence-electron chi connectivity index (χ4n) is 5.41. The van der Waals surface area contributed by atoms with Gasteiger partial charge in [0.15, 0.2) is 0 Å². The number of carbonyl (C=O) groups excluding carboxylic acids is 5. The van der Waals surface area contributed by atoms with Gasteiger partial charge in [0.25, 0.3) is 29.5 Å². The van der Waals surface area contributed by atoms with E-state index in [0.29, 0.717) is 34.1 Å². The van der Waals surface area contributed by atoms with E-state index in [4.69, 9.17) is 11.1 Å². The lowest BCUT2D eigenvalue weighted by atomic mass is 10.2. The molecule has 16 nitrogen and oxygen atoms in total. The number of carbonyl (C=O) groups is 5. The van der Waals surface area contributed by atoms with Crippen LogP contribution in [0.15, 0.2) is 72.1 Å². The topological polar surface area (TPSA) is 215 Å². The van der Waals surface area contributed by atoms with Gasteiger partial charge in [-0.3, -0.25) is 29.4 Å². The van der Waals surface area contributed by atoms with Gasteiger partial charge >= 0.3 is 0 Å². The molecule has 0 aliphatic rings. The molecule has 0 fully saturated rings. The van der Waals surface area contributed by atoms with E-state index in [-0.39, 0.29) is 46.5 Å². The molecule has 0 unspecified atom stereocenters. The van der Waals surface area contributed by atoms with Gasteiger partial charge in [0, 0.05) is 76.3 Å². The average Bonchev–Trinajstić information content (AvgIpc) is 3.80. The van der Waals surface area contributed by atoms with Gasteiger partial charge < -0.3 is 50.6 Å². The van der Waals surface area contributed by atoms with Crippen molar-refractivity contribution >= 4 is 85.0 Å². The van der Waals surface area contributed by atoms with Crippen LogP contribution in [0.1, 0.15) is 48.4 Å². The number of hydrogen-bond acceptors (Lipinski definition) is 6. The predicted molar refractivity (Wildman–Crippen MR) is 199 cm³/mol. The Balaban J connectivity index is 1.22. The van der Waals surface area contributed by atoms with Crippen molar-refractivity contribution in [2.75, 3.05) is 27.8 Å². The third kappa shape index (κ3) is 8.10. The molecule has 0 saturated carbocycles. The molecule has 0 aliphatic carbocycles. The Labute approximate surface area is 300 Å². The molecule has 4 aromatic heterocycles. The Morgan fingerprint density at radius 1 is 0.686 bits per heavy atom. The zero-order valence-corrected chi connectivity index (χ0v) is 29.8. The first-order valence-electron chi connectivity index (χ1n) is 15.4. The summed E-state index contributed by atoms with van der Waals surface area (Å²) in [7, 11) is 6.74. The van der Waals surface area contributed by atoms with Gasteiger partial charge in [0.05, 0.1) is 27.4 Å². The summed E-state index contributed by atoms with van der Waals surface area (Å²) in [5.41, 5.74) is 8.98. The number of nitrogens with two attached hydrogens (primary N) is 1. The second kappa shape index (κ2) is 14.6. The van der Waals surface area contributed by atoms with Crippen molar-refractivity contribution in [3.8, 4) is 0 Å². The van der Waals surface area contributed by atoms with Crippen molar-refractivity contribution in [3.63, 3.8) is 0 Å². The molecule has 5 aromatic rings. The van der Waals surface area contributed by atoms with Crippen LogP contribution < -0.4 is 32.3 Å². The summed E-state index contributed by atoms with van der Waals surface area (Å²) in [6.07, 6.45) is 5.01. The number of anilines is 4. The monoisotopic (exact) mass is 757 g/mol. The number of hydrogen-bond donors (Lipinski definition) is 7. The van der Waals surface area contributed by atoms with Crippen molar-refractivity contribution < 1.29 is 24.0 Å². The van der Waals surface area contributed by atoms with E-state index < -0.39 is 17.7 Å². The summed E-state index contributed by atoms with van der Waals surface area (Å²) in [6.45, 7) is 3.77. The lowest BCUT2D eigenvalue weighted by Gasteiger charge is -2.06. The fourth-order valence-corrected chi connectivity index (χ4v) is 5.51. The van der Waals surface area contributed by atoms with Crippen molar-refractivity contribution in [1.29, 1.82) is 5.41 Å². The molecule has 5 amide bonds. The molecular formula is C34H36BrN11O5. The first-order valence-corrected chi connectivity index (χ1v) is 16.2. The van der Waals surface area contributed by atoms with E-state index in [1.54, 1.807) is 89.3 Å². The maximum Gasteiger partial charge on any atom is 0.272 e. The second-order valence-electron chi connectivity index (χ2n) is 11.8. The summed E-state index contributed by atoms with van der Waals surface area (Å²) in [4.78, 5) is 64.2.